The second-order valence-electron chi connectivity index (χ2n) is 2.48. The highest BCUT2D eigenvalue weighted by molar-refractivity contribution is 6.18. The summed E-state index contributed by atoms with van der Waals surface area (Å²) in [6, 6.07) is 0. The average molecular weight is 108 g/mol. The Morgan fingerprint density at radius 3 is 1.83 bits per heavy atom. The Balaban J connectivity index is 3.54. The van der Waals surface area contributed by atoms with E-state index < -0.39 is 5.86 Å². The molecule has 0 heterocycles. The Morgan fingerprint density at radius 2 is 1.83 bits per heavy atom. The van der Waals surface area contributed by atoms with Gasteiger partial charge >= 0.3 is 0 Å². The Hall–Kier alpha value is 0.290. The first-order valence-electron chi connectivity index (χ1n) is 2.58. The fourth-order valence-electron chi connectivity index (χ4n) is 0. The third-order valence-electron chi connectivity index (χ3n) is 0.327. The van der Waals surface area contributed by atoms with Crippen molar-refractivity contribution in [1.29, 1.82) is 0 Å². The van der Waals surface area contributed by atoms with Crippen LogP contribution in [0, 0.1) is 5.41 Å². The molecule has 0 rings (SSSR count). The van der Waals surface area contributed by atoms with Gasteiger partial charge in [-0.25, -0.2) is 0 Å². The summed E-state index contributed by atoms with van der Waals surface area (Å²) in [5, 5.41) is 0. The standard InChI is InChI=1S/C5H11Cl/c1-5(2,3)4-6/h4H2,1-3H3/i4D. The highest BCUT2D eigenvalue weighted by Crippen LogP contribution is 2.13. The van der Waals surface area contributed by atoms with Crippen LogP contribution >= 0.6 is 11.6 Å². The van der Waals surface area contributed by atoms with Gasteiger partial charge in [-0.2, -0.15) is 0 Å². The van der Waals surface area contributed by atoms with Crippen LogP contribution in [0.1, 0.15) is 22.1 Å². The molecule has 0 amide bonds. The summed E-state index contributed by atoms with van der Waals surface area (Å²) >= 11 is 5.42. The molecule has 1 atom stereocenters. The van der Waals surface area contributed by atoms with Crippen LogP contribution in [0.2, 0.25) is 0 Å². The van der Waals surface area contributed by atoms with Crippen molar-refractivity contribution >= 4 is 11.6 Å². The Bertz CT molecular complexity index is 53.6. The van der Waals surface area contributed by atoms with Crippen molar-refractivity contribution < 1.29 is 1.37 Å². The molecule has 0 bridgehead atoms. The van der Waals surface area contributed by atoms with Crippen LogP contribution < -0.4 is 0 Å². The van der Waals surface area contributed by atoms with Crippen molar-refractivity contribution in [2.24, 2.45) is 5.41 Å². The smallest absolute Gasteiger partial charge is 0.0441 e. The van der Waals surface area contributed by atoms with E-state index in [1.165, 1.54) is 0 Å². The SMILES string of the molecule is [2H]C(Cl)C(C)(C)C. The average Bonchev–Trinajstić information content (AvgIpc) is 1.31. The minimum atomic E-state index is -0.479. The molecule has 38 valence electrons. The predicted molar refractivity (Wildman–Crippen MR) is 30.2 cm³/mol. The van der Waals surface area contributed by atoms with Crippen LogP contribution in [-0.2, 0) is 0 Å². The third-order valence-corrected chi connectivity index (χ3v) is 0.982. The molecule has 0 spiro atoms. The van der Waals surface area contributed by atoms with Crippen molar-refractivity contribution in [3.8, 4) is 0 Å². The fraction of sp³-hybridized carbons (Fsp3) is 1.00. The normalized spacial score (nSPS) is 19.7. The molecule has 0 aliphatic heterocycles. The van der Waals surface area contributed by atoms with E-state index in [4.69, 9.17) is 13.0 Å². The summed E-state index contributed by atoms with van der Waals surface area (Å²) < 4.78 is 6.99. The number of rotatable bonds is 0. The maximum atomic E-state index is 6.99. The largest absolute Gasteiger partial charge is 0.126 e. The molecule has 0 aliphatic carbocycles. The molecule has 1 heteroatoms. The molecular formula is C5H11Cl. The van der Waals surface area contributed by atoms with E-state index in [9.17, 15) is 0 Å². The van der Waals surface area contributed by atoms with Crippen molar-refractivity contribution in [3.63, 3.8) is 0 Å². The lowest BCUT2D eigenvalue weighted by Crippen LogP contribution is -2.05. The van der Waals surface area contributed by atoms with Crippen LogP contribution in [0.5, 0.6) is 0 Å². The Labute approximate surface area is 45.9 Å². The van der Waals surface area contributed by atoms with E-state index in [0.29, 0.717) is 0 Å². The molecule has 0 aromatic heterocycles. The number of hydrogen-bond donors (Lipinski definition) is 0. The monoisotopic (exact) mass is 107 g/mol. The van der Waals surface area contributed by atoms with Gasteiger partial charge in [-0.05, 0) is 5.41 Å². The van der Waals surface area contributed by atoms with Gasteiger partial charge in [-0.3, -0.25) is 0 Å². The van der Waals surface area contributed by atoms with Crippen molar-refractivity contribution in [2.45, 2.75) is 20.8 Å². The maximum absolute atomic E-state index is 6.99. The first-order valence-corrected chi connectivity index (χ1v) is 2.44. The van der Waals surface area contributed by atoms with E-state index in [1.54, 1.807) is 0 Å². The van der Waals surface area contributed by atoms with Gasteiger partial charge in [0.25, 0.3) is 0 Å². The predicted octanol–water partition coefficient (Wildman–Crippen LogP) is 2.27. The summed E-state index contributed by atoms with van der Waals surface area (Å²) in [4.78, 5) is 0. The van der Waals surface area contributed by atoms with Gasteiger partial charge in [0.2, 0.25) is 0 Å². The molecule has 0 aliphatic rings. The quantitative estimate of drug-likeness (QED) is 0.417. The maximum Gasteiger partial charge on any atom is 0.0441 e. The van der Waals surface area contributed by atoms with Gasteiger partial charge in [-0.15, -0.1) is 11.6 Å². The number of hydrogen-bond acceptors (Lipinski definition) is 0. The highest BCUT2D eigenvalue weighted by atomic mass is 35.5. The summed E-state index contributed by atoms with van der Waals surface area (Å²) in [6.45, 7) is 5.83. The van der Waals surface area contributed by atoms with Gasteiger partial charge < -0.3 is 0 Å². The second kappa shape index (κ2) is 1.83. The Morgan fingerprint density at radius 1 is 1.67 bits per heavy atom. The number of halogens is 1. The molecule has 6 heavy (non-hydrogen) atoms. The van der Waals surface area contributed by atoms with Gasteiger partial charge in [0, 0.05) is 7.23 Å². The van der Waals surface area contributed by atoms with E-state index in [-0.39, 0.29) is 5.41 Å². The zero-order valence-electron chi connectivity index (χ0n) is 5.46. The third kappa shape index (κ3) is 4.29. The van der Waals surface area contributed by atoms with E-state index in [0.717, 1.165) is 0 Å². The van der Waals surface area contributed by atoms with Gasteiger partial charge in [0.15, 0.2) is 0 Å². The minimum Gasteiger partial charge on any atom is -0.126 e. The van der Waals surface area contributed by atoms with Crippen molar-refractivity contribution in [1.82, 2.24) is 0 Å². The lowest BCUT2D eigenvalue weighted by Gasteiger charge is -2.10. The zero-order valence-corrected chi connectivity index (χ0v) is 5.21. The molecule has 1 unspecified atom stereocenters. The van der Waals surface area contributed by atoms with Gasteiger partial charge in [0.1, 0.15) is 0 Å². The summed E-state index contributed by atoms with van der Waals surface area (Å²) in [5.74, 6) is -0.479. The van der Waals surface area contributed by atoms with Gasteiger partial charge in [0.05, 0.1) is 0 Å². The molecular weight excluding hydrogens is 95.5 g/mol. The van der Waals surface area contributed by atoms with Crippen molar-refractivity contribution in [2.75, 3.05) is 5.86 Å². The van der Waals surface area contributed by atoms with E-state index in [1.807, 2.05) is 20.8 Å². The molecule has 0 radical (unpaired) electrons. The molecule has 0 saturated carbocycles. The van der Waals surface area contributed by atoms with Gasteiger partial charge in [-0.1, -0.05) is 20.8 Å². The first kappa shape index (κ1) is 4.45. The fourth-order valence-corrected chi connectivity index (χ4v) is 0. The summed E-state index contributed by atoms with van der Waals surface area (Å²) in [7, 11) is 0. The molecule has 0 saturated heterocycles. The second-order valence-corrected chi connectivity index (χ2v) is 2.69. The molecule has 0 nitrogen and oxygen atoms in total. The minimum absolute atomic E-state index is 0.0679. The summed E-state index contributed by atoms with van der Waals surface area (Å²) in [5.41, 5.74) is -0.0679. The highest BCUT2D eigenvalue weighted by Gasteiger charge is 2.05. The van der Waals surface area contributed by atoms with Crippen LogP contribution in [0.4, 0.5) is 0 Å². The van der Waals surface area contributed by atoms with E-state index >= 15 is 0 Å². The van der Waals surface area contributed by atoms with Crippen LogP contribution in [0.15, 0.2) is 0 Å². The summed E-state index contributed by atoms with van der Waals surface area (Å²) in [6.07, 6.45) is 0. The van der Waals surface area contributed by atoms with E-state index in [2.05, 4.69) is 0 Å². The van der Waals surface area contributed by atoms with Crippen LogP contribution in [-0.4, -0.2) is 5.86 Å². The Kier molecular flexibility index (Phi) is 1.36. The first-order chi connectivity index (χ1) is 2.94. The van der Waals surface area contributed by atoms with Crippen LogP contribution in [0.3, 0.4) is 0 Å². The lowest BCUT2D eigenvalue weighted by atomic mass is 10.0. The molecule has 0 aromatic rings. The van der Waals surface area contributed by atoms with Crippen molar-refractivity contribution in [3.05, 3.63) is 0 Å². The topological polar surface area (TPSA) is 0 Å². The molecule has 0 fully saturated rings. The number of alkyl halides is 1. The van der Waals surface area contributed by atoms with Crippen LogP contribution in [0.25, 0.3) is 0 Å². The zero-order chi connectivity index (χ0) is 6.08. The lowest BCUT2D eigenvalue weighted by molar-refractivity contribution is 0.477. The molecule has 0 aromatic carbocycles. The molecule has 0 N–H and O–H groups in total.